The van der Waals surface area contributed by atoms with E-state index in [1.165, 1.54) is 11.3 Å². The Bertz CT molecular complexity index is 360. The van der Waals surface area contributed by atoms with Crippen molar-refractivity contribution in [3.8, 4) is 0 Å². The van der Waals surface area contributed by atoms with Gasteiger partial charge in [0, 0.05) is 0 Å². The van der Waals surface area contributed by atoms with Gasteiger partial charge in [-0.05, 0) is 29.6 Å². The quantitative estimate of drug-likeness (QED) is 0.503. The Labute approximate surface area is 106 Å². The third kappa shape index (κ3) is 3.39. The number of rotatable bonds is 6. The molecule has 0 aliphatic carbocycles. The Morgan fingerprint density at radius 1 is 1.24 bits per heavy atom. The molecule has 0 saturated carbocycles. The summed E-state index contributed by atoms with van der Waals surface area (Å²) in [4.78, 5) is 0.525. The summed E-state index contributed by atoms with van der Waals surface area (Å²) < 4.78 is 31.7. The lowest BCUT2D eigenvalue weighted by Crippen LogP contribution is -2.35. The van der Waals surface area contributed by atoms with Crippen molar-refractivity contribution in [1.82, 2.24) is 0 Å². The SMILES string of the molecule is CC[Si](CC)(CC)OC(=C(F)F)c1cccs1. The zero-order valence-corrected chi connectivity index (χ0v) is 12.2. The second kappa shape index (κ2) is 6.30. The minimum atomic E-state index is -2.03. The van der Waals surface area contributed by atoms with Gasteiger partial charge in [-0.15, -0.1) is 11.3 Å². The Morgan fingerprint density at radius 3 is 2.18 bits per heavy atom. The standard InChI is InChI=1S/C12H18F2OSSi/c1-4-17(5-2,6-3)15-11(12(13)14)10-8-7-9-16-10/h7-9H,4-6H2,1-3H3. The van der Waals surface area contributed by atoms with E-state index < -0.39 is 14.4 Å². The van der Waals surface area contributed by atoms with Crippen LogP contribution in [0, 0.1) is 0 Å². The van der Waals surface area contributed by atoms with Gasteiger partial charge in [-0.3, -0.25) is 0 Å². The van der Waals surface area contributed by atoms with Gasteiger partial charge in [-0.25, -0.2) is 0 Å². The summed E-state index contributed by atoms with van der Waals surface area (Å²) in [5, 5.41) is 1.79. The van der Waals surface area contributed by atoms with Crippen LogP contribution in [0.4, 0.5) is 8.78 Å². The van der Waals surface area contributed by atoms with Crippen LogP contribution < -0.4 is 0 Å². The molecule has 0 unspecified atom stereocenters. The van der Waals surface area contributed by atoms with Crippen LogP contribution in [0.5, 0.6) is 0 Å². The van der Waals surface area contributed by atoms with E-state index in [1.807, 2.05) is 20.8 Å². The fraction of sp³-hybridized carbons (Fsp3) is 0.500. The zero-order valence-electron chi connectivity index (χ0n) is 10.4. The lowest BCUT2D eigenvalue weighted by atomic mass is 10.4. The summed E-state index contributed by atoms with van der Waals surface area (Å²) in [6.07, 6.45) is -1.71. The van der Waals surface area contributed by atoms with E-state index in [0.717, 1.165) is 18.1 Å². The molecule has 96 valence electrons. The molecule has 1 rings (SSSR count). The van der Waals surface area contributed by atoms with E-state index in [2.05, 4.69) is 0 Å². The average Bonchev–Trinajstić information content (AvgIpc) is 2.85. The van der Waals surface area contributed by atoms with Crippen molar-refractivity contribution in [2.24, 2.45) is 0 Å². The van der Waals surface area contributed by atoms with E-state index >= 15 is 0 Å². The van der Waals surface area contributed by atoms with Crippen LogP contribution in [0.1, 0.15) is 25.6 Å². The Morgan fingerprint density at radius 2 is 1.82 bits per heavy atom. The predicted octanol–water partition coefficient (Wildman–Crippen LogP) is 5.34. The predicted molar refractivity (Wildman–Crippen MR) is 71.7 cm³/mol. The number of thiophene rings is 1. The fourth-order valence-electron chi connectivity index (χ4n) is 1.77. The molecule has 1 heterocycles. The number of hydrogen-bond donors (Lipinski definition) is 0. The van der Waals surface area contributed by atoms with Crippen LogP contribution in [0.3, 0.4) is 0 Å². The highest BCUT2D eigenvalue weighted by molar-refractivity contribution is 7.11. The van der Waals surface area contributed by atoms with Crippen molar-refractivity contribution < 1.29 is 13.2 Å². The molecule has 0 radical (unpaired) electrons. The van der Waals surface area contributed by atoms with Gasteiger partial charge >= 0.3 is 6.08 Å². The Hall–Kier alpha value is -0.683. The molecule has 5 heteroatoms. The third-order valence-electron chi connectivity index (χ3n) is 3.17. The van der Waals surface area contributed by atoms with Gasteiger partial charge < -0.3 is 4.43 Å². The molecule has 1 aromatic rings. The molecule has 0 spiro atoms. The summed E-state index contributed by atoms with van der Waals surface area (Å²) in [5.74, 6) is -0.197. The molecule has 0 N–H and O–H groups in total. The molecule has 1 aromatic heterocycles. The smallest absolute Gasteiger partial charge is 0.312 e. The van der Waals surface area contributed by atoms with E-state index in [1.54, 1.807) is 17.5 Å². The van der Waals surface area contributed by atoms with E-state index in [4.69, 9.17) is 4.43 Å². The maximum absolute atomic E-state index is 13.0. The van der Waals surface area contributed by atoms with Crippen LogP contribution in [0.2, 0.25) is 18.1 Å². The van der Waals surface area contributed by atoms with Gasteiger partial charge in [-0.1, -0.05) is 26.8 Å². The molecule has 0 fully saturated rings. The van der Waals surface area contributed by atoms with Crippen molar-refractivity contribution in [3.63, 3.8) is 0 Å². The molecule has 0 aliphatic heterocycles. The van der Waals surface area contributed by atoms with Crippen LogP contribution in [-0.4, -0.2) is 8.32 Å². The highest BCUT2D eigenvalue weighted by Crippen LogP contribution is 2.33. The topological polar surface area (TPSA) is 9.23 Å². The van der Waals surface area contributed by atoms with Crippen LogP contribution in [0.15, 0.2) is 23.6 Å². The molecule has 0 amide bonds. The second-order valence-corrected chi connectivity index (χ2v) is 9.55. The van der Waals surface area contributed by atoms with Crippen molar-refractivity contribution >= 4 is 25.4 Å². The largest absolute Gasteiger partial charge is 0.539 e. The monoisotopic (exact) mass is 276 g/mol. The Kier molecular flexibility index (Phi) is 5.33. The molecule has 0 saturated heterocycles. The summed E-state index contributed by atoms with van der Waals surface area (Å²) in [5.41, 5.74) is 0. The number of halogens is 2. The molecule has 1 nitrogen and oxygen atoms in total. The first kappa shape index (κ1) is 14.4. The van der Waals surface area contributed by atoms with Crippen molar-refractivity contribution in [2.75, 3.05) is 0 Å². The van der Waals surface area contributed by atoms with Crippen LogP contribution >= 0.6 is 11.3 Å². The maximum atomic E-state index is 13.0. The van der Waals surface area contributed by atoms with Crippen molar-refractivity contribution in [2.45, 2.75) is 38.9 Å². The van der Waals surface area contributed by atoms with Crippen LogP contribution in [0.25, 0.3) is 5.76 Å². The summed E-state index contributed by atoms with van der Waals surface area (Å²) >= 11 is 1.29. The first-order valence-electron chi connectivity index (χ1n) is 5.86. The molecule has 0 atom stereocenters. The molecule has 0 bridgehead atoms. The van der Waals surface area contributed by atoms with E-state index in [0.29, 0.717) is 4.88 Å². The van der Waals surface area contributed by atoms with Gasteiger partial charge in [-0.2, -0.15) is 8.78 Å². The minimum absolute atomic E-state index is 0.197. The van der Waals surface area contributed by atoms with Gasteiger partial charge in [0.1, 0.15) is 0 Å². The molecular weight excluding hydrogens is 258 g/mol. The summed E-state index contributed by atoms with van der Waals surface area (Å²) in [6.45, 7) is 6.09. The first-order valence-corrected chi connectivity index (χ1v) is 9.27. The highest BCUT2D eigenvalue weighted by Gasteiger charge is 2.33. The highest BCUT2D eigenvalue weighted by atomic mass is 32.1. The average molecular weight is 276 g/mol. The zero-order chi connectivity index (χ0) is 12.9. The second-order valence-electron chi connectivity index (χ2n) is 3.91. The lowest BCUT2D eigenvalue weighted by Gasteiger charge is -2.29. The van der Waals surface area contributed by atoms with Gasteiger partial charge in [0.15, 0.2) is 5.76 Å². The summed E-state index contributed by atoms with van der Waals surface area (Å²) in [6, 6.07) is 6.03. The third-order valence-corrected chi connectivity index (χ3v) is 8.54. The first-order chi connectivity index (χ1) is 8.08. The normalized spacial score (nSPS) is 11.4. The number of hydrogen-bond acceptors (Lipinski definition) is 2. The van der Waals surface area contributed by atoms with Crippen LogP contribution in [-0.2, 0) is 4.43 Å². The molecule has 0 aromatic carbocycles. The fourth-order valence-corrected chi connectivity index (χ4v) is 5.09. The van der Waals surface area contributed by atoms with E-state index in [-0.39, 0.29) is 5.76 Å². The molecule has 0 aliphatic rings. The van der Waals surface area contributed by atoms with Gasteiger partial charge in [0.25, 0.3) is 8.32 Å². The van der Waals surface area contributed by atoms with Crippen molar-refractivity contribution in [1.29, 1.82) is 0 Å². The van der Waals surface area contributed by atoms with Gasteiger partial charge in [0.05, 0.1) is 4.88 Å². The van der Waals surface area contributed by atoms with Crippen molar-refractivity contribution in [3.05, 3.63) is 28.5 Å². The lowest BCUT2D eigenvalue weighted by molar-refractivity contribution is 0.380. The van der Waals surface area contributed by atoms with E-state index in [9.17, 15) is 8.78 Å². The summed E-state index contributed by atoms with van der Waals surface area (Å²) in [7, 11) is -2.03. The maximum Gasteiger partial charge on any atom is 0.312 e. The molecule has 17 heavy (non-hydrogen) atoms. The Balaban J connectivity index is 3.00. The molecular formula is C12H18F2OSSi. The van der Waals surface area contributed by atoms with Gasteiger partial charge in [0.2, 0.25) is 0 Å². The minimum Gasteiger partial charge on any atom is -0.539 e.